The van der Waals surface area contributed by atoms with E-state index >= 15 is 0 Å². The van der Waals surface area contributed by atoms with Gasteiger partial charge in [-0.2, -0.15) is 0 Å². The van der Waals surface area contributed by atoms with Crippen molar-refractivity contribution >= 4 is 17.3 Å². The van der Waals surface area contributed by atoms with Gasteiger partial charge in [0.25, 0.3) is 0 Å². The number of carbonyl (C=O) groups excluding carboxylic acids is 1. The summed E-state index contributed by atoms with van der Waals surface area (Å²) in [5.41, 5.74) is 6.35. The molecule has 0 saturated heterocycles. The number of para-hydroxylation sites is 1. The SMILES string of the molecule is Nc1cccc(CC(=O)Nc2c(F)cccc2F)c1. The van der Waals surface area contributed by atoms with Crippen LogP contribution in [0.2, 0.25) is 0 Å². The smallest absolute Gasteiger partial charge is 0.228 e. The lowest BCUT2D eigenvalue weighted by atomic mass is 10.1. The first-order valence-corrected chi connectivity index (χ1v) is 5.64. The molecule has 3 nitrogen and oxygen atoms in total. The second kappa shape index (κ2) is 5.48. The largest absolute Gasteiger partial charge is 0.399 e. The molecule has 0 saturated carbocycles. The van der Waals surface area contributed by atoms with Crippen molar-refractivity contribution < 1.29 is 13.6 Å². The van der Waals surface area contributed by atoms with E-state index in [4.69, 9.17) is 5.73 Å². The van der Waals surface area contributed by atoms with Crippen LogP contribution in [0.3, 0.4) is 0 Å². The molecule has 0 aliphatic heterocycles. The van der Waals surface area contributed by atoms with Crippen molar-refractivity contribution in [3.8, 4) is 0 Å². The monoisotopic (exact) mass is 262 g/mol. The Morgan fingerprint density at radius 1 is 1.11 bits per heavy atom. The lowest BCUT2D eigenvalue weighted by molar-refractivity contribution is -0.115. The highest BCUT2D eigenvalue weighted by atomic mass is 19.1. The van der Waals surface area contributed by atoms with Crippen LogP contribution in [0, 0.1) is 11.6 Å². The van der Waals surface area contributed by atoms with Gasteiger partial charge in [0.05, 0.1) is 6.42 Å². The van der Waals surface area contributed by atoms with Gasteiger partial charge in [0.2, 0.25) is 5.91 Å². The van der Waals surface area contributed by atoms with Gasteiger partial charge in [0, 0.05) is 5.69 Å². The Labute approximate surface area is 109 Å². The van der Waals surface area contributed by atoms with Gasteiger partial charge in [-0.05, 0) is 29.8 Å². The van der Waals surface area contributed by atoms with E-state index < -0.39 is 23.2 Å². The zero-order valence-electron chi connectivity index (χ0n) is 9.99. The lowest BCUT2D eigenvalue weighted by Gasteiger charge is -2.07. The van der Waals surface area contributed by atoms with Crippen molar-refractivity contribution in [1.82, 2.24) is 0 Å². The number of nitrogens with two attached hydrogens (primary N) is 1. The average molecular weight is 262 g/mol. The topological polar surface area (TPSA) is 55.1 Å². The fraction of sp³-hybridized carbons (Fsp3) is 0.0714. The van der Waals surface area contributed by atoms with Crippen LogP contribution >= 0.6 is 0 Å². The van der Waals surface area contributed by atoms with E-state index in [2.05, 4.69) is 5.32 Å². The molecule has 5 heteroatoms. The highest BCUT2D eigenvalue weighted by Gasteiger charge is 2.12. The molecular formula is C14H12F2N2O. The summed E-state index contributed by atoms with van der Waals surface area (Å²) in [4.78, 5) is 11.7. The Morgan fingerprint density at radius 2 is 1.74 bits per heavy atom. The third-order valence-electron chi connectivity index (χ3n) is 2.54. The summed E-state index contributed by atoms with van der Waals surface area (Å²) in [6, 6.07) is 10.2. The van der Waals surface area contributed by atoms with Crippen LogP contribution in [0.5, 0.6) is 0 Å². The van der Waals surface area contributed by atoms with Gasteiger partial charge in [0.15, 0.2) is 0 Å². The first kappa shape index (κ1) is 13.0. The second-order valence-corrected chi connectivity index (χ2v) is 4.07. The summed E-state index contributed by atoms with van der Waals surface area (Å²) in [5, 5.41) is 2.22. The van der Waals surface area contributed by atoms with Crippen molar-refractivity contribution in [2.45, 2.75) is 6.42 Å². The molecule has 0 spiro atoms. The Hall–Kier alpha value is -2.43. The van der Waals surface area contributed by atoms with Crippen LogP contribution in [-0.4, -0.2) is 5.91 Å². The van der Waals surface area contributed by atoms with E-state index in [0.29, 0.717) is 11.3 Å². The summed E-state index contributed by atoms with van der Waals surface area (Å²) in [6.45, 7) is 0. The van der Waals surface area contributed by atoms with Crippen molar-refractivity contribution in [3.63, 3.8) is 0 Å². The first-order chi connectivity index (χ1) is 9.06. The molecule has 0 atom stereocenters. The number of nitrogen functional groups attached to an aromatic ring is 1. The van der Waals surface area contributed by atoms with Gasteiger partial charge >= 0.3 is 0 Å². The van der Waals surface area contributed by atoms with E-state index in [1.807, 2.05) is 0 Å². The number of rotatable bonds is 3. The summed E-state index contributed by atoms with van der Waals surface area (Å²) < 4.78 is 26.7. The minimum absolute atomic E-state index is 0.00118. The van der Waals surface area contributed by atoms with E-state index in [0.717, 1.165) is 12.1 Å². The van der Waals surface area contributed by atoms with Crippen LogP contribution in [-0.2, 0) is 11.2 Å². The van der Waals surface area contributed by atoms with Crippen LogP contribution in [0.1, 0.15) is 5.56 Å². The van der Waals surface area contributed by atoms with Gasteiger partial charge in [-0.1, -0.05) is 18.2 Å². The Kier molecular flexibility index (Phi) is 3.75. The predicted octanol–water partition coefficient (Wildman–Crippen LogP) is 2.73. The molecule has 3 N–H and O–H groups in total. The highest BCUT2D eigenvalue weighted by molar-refractivity contribution is 5.92. The van der Waals surface area contributed by atoms with Crippen molar-refractivity contribution in [1.29, 1.82) is 0 Å². The average Bonchev–Trinajstić information content (AvgIpc) is 2.34. The molecule has 0 radical (unpaired) electrons. The van der Waals surface area contributed by atoms with Gasteiger partial charge in [-0.15, -0.1) is 0 Å². The fourth-order valence-corrected chi connectivity index (χ4v) is 1.69. The molecule has 98 valence electrons. The standard InChI is InChI=1S/C14H12F2N2O/c15-11-5-2-6-12(16)14(11)18-13(19)8-9-3-1-4-10(17)7-9/h1-7H,8,17H2,(H,18,19). The minimum atomic E-state index is -0.805. The van der Waals surface area contributed by atoms with Gasteiger partial charge in [-0.25, -0.2) is 8.78 Å². The van der Waals surface area contributed by atoms with Gasteiger partial charge < -0.3 is 11.1 Å². The van der Waals surface area contributed by atoms with E-state index in [1.165, 1.54) is 6.07 Å². The molecule has 0 heterocycles. The minimum Gasteiger partial charge on any atom is -0.399 e. The number of benzene rings is 2. The zero-order valence-corrected chi connectivity index (χ0v) is 9.99. The maximum atomic E-state index is 13.3. The number of carbonyl (C=O) groups is 1. The Morgan fingerprint density at radius 3 is 2.37 bits per heavy atom. The zero-order chi connectivity index (χ0) is 13.8. The Balaban J connectivity index is 2.10. The third kappa shape index (κ3) is 3.28. The van der Waals surface area contributed by atoms with Crippen molar-refractivity contribution in [2.24, 2.45) is 0 Å². The molecule has 0 bridgehead atoms. The molecule has 2 aromatic carbocycles. The number of anilines is 2. The molecule has 2 rings (SSSR count). The summed E-state index contributed by atoms with van der Waals surface area (Å²) >= 11 is 0. The van der Waals surface area contributed by atoms with Crippen LogP contribution < -0.4 is 11.1 Å². The number of hydrogen-bond acceptors (Lipinski definition) is 2. The van der Waals surface area contributed by atoms with E-state index in [1.54, 1.807) is 24.3 Å². The summed E-state index contributed by atoms with van der Waals surface area (Å²) in [6.07, 6.45) is -0.00118. The molecule has 0 aromatic heterocycles. The number of amides is 1. The van der Waals surface area contributed by atoms with Crippen LogP contribution in [0.15, 0.2) is 42.5 Å². The van der Waals surface area contributed by atoms with Crippen molar-refractivity contribution in [3.05, 3.63) is 59.7 Å². The number of hydrogen-bond donors (Lipinski definition) is 2. The normalized spacial score (nSPS) is 10.2. The molecular weight excluding hydrogens is 250 g/mol. The number of halogens is 2. The molecule has 0 aliphatic rings. The predicted molar refractivity (Wildman–Crippen MR) is 69.5 cm³/mol. The lowest BCUT2D eigenvalue weighted by Crippen LogP contribution is -2.16. The highest BCUT2D eigenvalue weighted by Crippen LogP contribution is 2.18. The molecule has 0 aliphatic carbocycles. The second-order valence-electron chi connectivity index (χ2n) is 4.07. The van der Waals surface area contributed by atoms with E-state index in [9.17, 15) is 13.6 Å². The van der Waals surface area contributed by atoms with Crippen LogP contribution in [0.25, 0.3) is 0 Å². The molecule has 19 heavy (non-hydrogen) atoms. The molecule has 1 amide bonds. The van der Waals surface area contributed by atoms with E-state index in [-0.39, 0.29) is 6.42 Å². The maximum absolute atomic E-state index is 13.3. The molecule has 0 fully saturated rings. The Bertz CT molecular complexity index is 594. The maximum Gasteiger partial charge on any atom is 0.228 e. The number of nitrogens with one attached hydrogen (secondary N) is 1. The van der Waals surface area contributed by atoms with Gasteiger partial charge in [-0.3, -0.25) is 4.79 Å². The summed E-state index contributed by atoms with van der Waals surface area (Å²) in [7, 11) is 0. The van der Waals surface area contributed by atoms with Gasteiger partial charge in [0.1, 0.15) is 17.3 Å². The molecule has 0 unspecified atom stereocenters. The van der Waals surface area contributed by atoms with Crippen LogP contribution in [0.4, 0.5) is 20.2 Å². The molecule has 2 aromatic rings. The first-order valence-electron chi connectivity index (χ1n) is 5.64. The fourth-order valence-electron chi connectivity index (χ4n) is 1.69. The quantitative estimate of drug-likeness (QED) is 0.836. The third-order valence-corrected chi connectivity index (χ3v) is 2.54. The summed E-state index contributed by atoms with van der Waals surface area (Å²) in [5.74, 6) is -2.11. The van der Waals surface area contributed by atoms with Crippen molar-refractivity contribution in [2.75, 3.05) is 11.1 Å².